The van der Waals surface area contributed by atoms with Crippen molar-refractivity contribution in [1.82, 2.24) is 29.7 Å². The van der Waals surface area contributed by atoms with Gasteiger partial charge in [-0.15, -0.1) is 0 Å². The Kier molecular flexibility index (Phi) is 6.56. The fourth-order valence-electron chi connectivity index (χ4n) is 8.15. The molecule has 4 aromatic rings. The number of fused-ring (bicyclic) bond motifs is 5. The maximum absolute atomic E-state index is 14.9. The van der Waals surface area contributed by atoms with E-state index < -0.39 is 41.5 Å². The molecule has 0 amide bonds. The zero-order chi connectivity index (χ0) is 32.2. The van der Waals surface area contributed by atoms with Crippen molar-refractivity contribution in [2.45, 2.75) is 61.4 Å². The molecule has 1 aromatic carbocycles. The molecule has 7 heterocycles. The second kappa shape index (κ2) is 10.4. The number of nitrogens with two attached hydrogens (primary N) is 1. The van der Waals surface area contributed by atoms with Crippen molar-refractivity contribution >= 4 is 43.4 Å². The molecule has 11 nitrogen and oxygen atoms in total. The van der Waals surface area contributed by atoms with E-state index in [9.17, 15) is 22.4 Å². The van der Waals surface area contributed by atoms with Crippen molar-refractivity contribution in [3.8, 4) is 17.3 Å². The Morgan fingerprint density at radius 1 is 1.15 bits per heavy atom. The summed E-state index contributed by atoms with van der Waals surface area (Å²) < 4.78 is 72.4. The molecule has 1 saturated carbocycles. The summed E-state index contributed by atoms with van der Waals surface area (Å²) in [5.74, 6) is -3.38. The SMILES string of the molecule is Nc1nc2c(-c3cc4nc(OCC56CCCN5C[C@H](F)C6)nc(N5C6CNCC5COC6)c4c(=O)n3C3CC3(F)F)ccc(F)c2s1. The summed E-state index contributed by atoms with van der Waals surface area (Å²) in [7, 11) is 0. The first-order chi connectivity index (χ1) is 22.6. The van der Waals surface area contributed by atoms with Crippen LogP contribution in [-0.4, -0.2) is 100 Å². The Hall–Kier alpha value is -3.60. The average Bonchev–Trinajstić information content (AvgIpc) is 3.33. The molecular formula is C31H32F4N8O3S. The van der Waals surface area contributed by atoms with Crippen LogP contribution in [0.4, 0.5) is 28.5 Å². The van der Waals surface area contributed by atoms with Crippen LogP contribution < -0.4 is 26.2 Å². The molecule has 248 valence electrons. The average molecular weight is 673 g/mol. The topological polar surface area (TPSA) is 124 Å². The van der Waals surface area contributed by atoms with Gasteiger partial charge in [-0.25, -0.2) is 22.5 Å². The third kappa shape index (κ3) is 4.62. The Labute approximate surface area is 269 Å². The van der Waals surface area contributed by atoms with Crippen molar-refractivity contribution in [2.24, 2.45) is 0 Å². The van der Waals surface area contributed by atoms with Gasteiger partial charge in [-0.3, -0.25) is 14.3 Å². The van der Waals surface area contributed by atoms with Crippen molar-refractivity contribution in [1.29, 1.82) is 0 Å². The number of anilines is 2. The second-order valence-corrected chi connectivity index (χ2v) is 14.4. The standard InChI is InChI=1S/C31H32F4N8O3S/c32-15-7-30(4-1-5-41(30)11-15)14-46-29-38-20-6-21(18-2-3-19(33)25-24(18)39-28(36)47-25)43(22-8-31(22,34)35)27(44)23(20)26(40-29)42-16-9-37-10-17(42)13-45-12-16/h2-3,6,15-17,22,37H,1,4-5,7-14H2,(H2,36,39)/t15-,16?,17?,22?,30?/m1/s1. The predicted molar refractivity (Wildman–Crippen MR) is 168 cm³/mol. The number of nitrogens with zero attached hydrogens (tertiary/aromatic N) is 6. The van der Waals surface area contributed by atoms with Crippen LogP contribution in [0.2, 0.25) is 0 Å². The van der Waals surface area contributed by atoms with Gasteiger partial charge in [0.05, 0.1) is 52.3 Å². The molecule has 0 spiro atoms. The van der Waals surface area contributed by atoms with Crippen LogP contribution in [0.3, 0.4) is 0 Å². The van der Waals surface area contributed by atoms with E-state index in [1.165, 1.54) is 12.1 Å². The second-order valence-electron chi connectivity index (χ2n) is 13.4. The van der Waals surface area contributed by atoms with Gasteiger partial charge in [-0.1, -0.05) is 11.3 Å². The number of alkyl halides is 3. The molecule has 4 saturated heterocycles. The van der Waals surface area contributed by atoms with E-state index >= 15 is 0 Å². The first kappa shape index (κ1) is 29.5. The fraction of sp³-hybridized carbons (Fsp3) is 0.548. The molecule has 4 unspecified atom stereocenters. The largest absolute Gasteiger partial charge is 0.461 e. The van der Waals surface area contributed by atoms with Gasteiger partial charge in [-0.2, -0.15) is 9.97 Å². The first-order valence-corrected chi connectivity index (χ1v) is 16.7. The van der Waals surface area contributed by atoms with Crippen LogP contribution in [0, 0.1) is 5.82 Å². The number of halogens is 4. The fourth-order valence-corrected chi connectivity index (χ4v) is 8.92. The maximum atomic E-state index is 14.9. The third-order valence-electron chi connectivity index (χ3n) is 10.4. The molecule has 1 aliphatic carbocycles. The number of aromatic nitrogens is 4. The minimum atomic E-state index is -3.11. The smallest absolute Gasteiger partial charge is 0.319 e. The lowest BCUT2D eigenvalue weighted by Gasteiger charge is -2.46. The van der Waals surface area contributed by atoms with E-state index in [4.69, 9.17) is 20.2 Å². The van der Waals surface area contributed by atoms with E-state index in [2.05, 4.69) is 20.2 Å². The lowest BCUT2D eigenvalue weighted by atomic mass is 9.95. The number of hydrogen-bond acceptors (Lipinski definition) is 11. The molecule has 3 N–H and O–H groups in total. The third-order valence-corrected chi connectivity index (χ3v) is 11.3. The number of thiazole rings is 1. The number of nitrogen functional groups attached to an aromatic ring is 1. The molecule has 5 fully saturated rings. The molecule has 5 aliphatic rings. The van der Waals surface area contributed by atoms with Gasteiger partial charge in [0.1, 0.15) is 35.8 Å². The van der Waals surface area contributed by atoms with E-state index in [1.807, 2.05) is 4.90 Å². The van der Waals surface area contributed by atoms with Crippen molar-refractivity contribution in [3.63, 3.8) is 0 Å². The van der Waals surface area contributed by atoms with E-state index in [0.717, 1.165) is 35.3 Å². The maximum Gasteiger partial charge on any atom is 0.319 e. The monoisotopic (exact) mass is 672 g/mol. The van der Waals surface area contributed by atoms with Gasteiger partial charge in [-0.05, 0) is 37.6 Å². The summed E-state index contributed by atoms with van der Waals surface area (Å²) in [6.45, 7) is 3.23. The number of nitrogens with one attached hydrogen (secondary N) is 1. The lowest BCUT2D eigenvalue weighted by Crippen LogP contribution is -2.64. The van der Waals surface area contributed by atoms with Crippen LogP contribution >= 0.6 is 11.3 Å². The van der Waals surface area contributed by atoms with Crippen molar-refractivity contribution in [3.05, 3.63) is 34.4 Å². The highest BCUT2D eigenvalue weighted by molar-refractivity contribution is 7.22. The molecule has 4 aliphatic heterocycles. The van der Waals surface area contributed by atoms with Crippen LogP contribution in [0.25, 0.3) is 32.4 Å². The van der Waals surface area contributed by atoms with E-state index in [0.29, 0.717) is 39.3 Å². The van der Waals surface area contributed by atoms with Crippen molar-refractivity contribution in [2.75, 3.05) is 56.6 Å². The summed E-state index contributed by atoms with van der Waals surface area (Å²) >= 11 is 0.939. The normalized spacial score (nSPS) is 29.9. The van der Waals surface area contributed by atoms with Gasteiger partial charge < -0.3 is 25.4 Å². The van der Waals surface area contributed by atoms with Crippen molar-refractivity contribution < 1.29 is 27.0 Å². The predicted octanol–water partition coefficient (Wildman–Crippen LogP) is 3.50. The van der Waals surface area contributed by atoms with Gasteiger partial charge in [0, 0.05) is 38.0 Å². The molecule has 2 bridgehead atoms. The molecule has 0 radical (unpaired) electrons. The highest BCUT2D eigenvalue weighted by atomic mass is 32.1. The highest BCUT2D eigenvalue weighted by Crippen LogP contribution is 2.54. The van der Waals surface area contributed by atoms with Crippen LogP contribution in [0.5, 0.6) is 6.01 Å². The summed E-state index contributed by atoms with van der Waals surface area (Å²) in [6.07, 6.45) is 0.615. The van der Waals surface area contributed by atoms with Crippen LogP contribution in [0.1, 0.15) is 31.7 Å². The zero-order valence-electron chi connectivity index (χ0n) is 25.2. The van der Waals surface area contributed by atoms with E-state index in [-0.39, 0.29) is 68.0 Å². The minimum absolute atomic E-state index is 0.00978. The minimum Gasteiger partial charge on any atom is -0.461 e. The van der Waals surface area contributed by atoms with Gasteiger partial charge in [0.15, 0.2) is 5.13 Å². The molecule has 3 aromatic heterocycles. The molecule has 9 rings (SSSR count). The Morgan fingerprint density at radius 3 is 2.70 bits per heavy atom. The van der Waals surface area contributed by atoms with Gasteiger partial charge in [0.2, 0.25) is 0 Å². The summed E-state index contributed by atoms with van der Waals surface area (Å²) in [5, 5.41) is 3.58. The number of ether oxygens (including phenoxy) is 2. The van der Waals surface area contributed by atoms with Gasteiger partial charge in [0.25, 0.3) is 11.5 Å². The lowest BCUT2D eigenvalue weighted by molar-refractivity contribution is 0.0522. The molecular weight excluding hydrogens is 640 g/mol. The van der Waals surface area contributed by atoms with Crippen LogP contribution in [-0.2, 0) is 4.74 Å². The molecule has 47 heavy (non-hydrogen) atoms. The summed E-state index contributed by atoms with van der Waals surface area (Å²) in [4.78, 5) is 32.6. The Morgan fingerprint density at radius 2 is 1.94 bits per heavy atom. The first-order valence-electron chi connectivity index (χ1n) is 15.9. The highest BCUT2D eigenvalue weighted by Gasteiger charge is 2.59. The Balaban J connectivity index is 1.26. The van der Waals surface area contributed by atoms with Crippen LogP contribution in [0.15, 0.2) is 23.0 Å². The number of hydrogen-bond donors (Lipinski definition) is 2. The van der Waals surface area contributed by atoms with Gasteiger partial charge >= 0.3 is 6.01 Å². The number of piperazine rings is 1. The number of rotatable bonds is 6. The van der Waals surface area contributed by atoms with E-state index in [1.54, 1.807) is 6.07 Å². The summed E-state index contributed by atoms with van der Waals surface area (Å²) in [5.41, 5.74) is 5.57. The number of benzene rings is 1. The zero-order valence-corrected chi connectivity index (χ0v) is 26.0. The quantitative estimate of drug-likeness (QED) is 0.295. The molecule has 5 atom stereocenters. The Bertz CT molecular complexity index is 1970. The molecule has 16 heteroatoms. The number of pyridine rings is 1. The summed E-state index contributed by atoms with van der Waals surface area (Å²) in [6, 6.07) is 2.45. The number of morpholine rings is 1.